The molecule has 21 heavy (non-hydrogen) atoms. The van der Waals surface area contributed by atoms with Crippen molar-refractivity contribution in [2.45, 2.75) is 43.4 Å². The van der Waals surface area contributed by atoms with E-state index in [2.05, 4.69) is 10.3 Å². The molecular formula is C14H21N3O3S. The largest absolute Gasteiger partial charge is 0.383 e. The second-order valence-electron chi connectivity index (χ2n) is 5.41. The molecule has 2 unspecified atom stereocenters. The van der Waals surface area contributed by atoms with E-state index in [0.717, 1.165) is 19.3 Å². The van der Waals surface area contributed by atoms with Crippen molar-refractivity contribution in [1.29, 1.82) is 0 Å². The van der Waals surface area contributed by atoms with Crippen LogP contribution in [0.25, 0.3) is 0 Å². The summed E-state index contributed by atoms with van der Waals surface area (Å²) in [5, 5.41) is 3.21. The smallest absolute Gasteiger partial charge is 0.263 e. The number of hydrogen-bond acceptors (Lipinski definition) is 5. The van der Waals surface area contributed by atoms with Crippen LogP contribution in [-0.2, 0) is 14.8 Å². The molecule has 1 saturated carbocycles. The van der Waals surface area contributed by atoms with Crippen LogP contribution in [0.2, 0.25) is 0 Å². The van der Waals surface area contributed by atoms with Gasteiger partial charge in [-0.15, -0.1) is 0 Å². The number of aromatic nitrogens is 1. The van der Waals surface area contributed by atoms with Gasteiger partial charge in [-0.1, -0.05) is 0 Å². The zero-order valence-corrected chi connectivity index (χ0v) is 13.0. The summed E-state index contributed by atoms with van der Waals surface area (Å²) in [6, 6.07) is 3.46. The topological polar surface area (TPSA) is 71.5 Å². The predicted octanol–water partition coefficient (Wildman–Crippen LogP) is 1.46. The van der Waals surface area contributed by atoms with Crippen LogP contribution in [-0.4, -0.2) is 49.5 Å². The van der Waals surface area contributed by atoms with Crippen molar-refractivity contribution < 1.29 is 13.2 Å². The van der Waals surface area contributed by atoms with E-state index in [-0.39, 0.29) is 17.2 Å². The van der Waals surface area contributed by atoms with Gasteiger partial charge in [0.15, 0.2) is 5.03 Å². The van der Waals surface area contributed by atoms with E-state index in [0.29, 0.717) is 25.4 Å². The van der Waals surface area contributed by atoms with Crippen molar-refractivity contribution in [3.05, 3.63) is 18.3 Å². The first-order chi connectivity index (χ1) is 10.1. The molecule has 116 valence electrons. The van der Waals surface area contributed by atoms with Crippen molar-refractivity contribution in [3.63, 3.8) is 0 Å². The Labute approximate surface area is 125 Å². The summed E-state index contributed by atoms with van der Waals surface area (Å²) in [5.74, 6) is 0. The molecule has 2 fully saturated rings. The van der Waals surface area contributed by atoms with E-state index < -0.39 is 10.0 Å². The van der Waals surface area contributed by atoms with Gasteiger partial charge in [0.2, 0.25) is 0 Å². The number of nitrogens with one attached hydrogen (secondary N) is 1. The van der Waals surface area contributed by atoms with Crippen LogP contribution in [0.3, 0.4) is 0 Å². The summed E-state index contributed by atoms with van der Waals surface area (Å²) in [7, 11) is -3.59. The standard InChI is InChI=1S/C14H21N3O3S/c1-2-15-11-5-4-8-16-14(11)21(18,19)17-9-10-20-13-7-3-6-12(13)17/h4-5,8,12-13,15H,2-3,6-7,9-10H2,1H3. The van der Waals surface area contributed by atoms with E-state index in [1.165, 1.54) is 6.20 Å². The molecule has 7 heteroatoms. The molecule has 2 atom stereocenters. The fourth-order valence-corrected chi connectivity index (χ4v) is 4.97. The highest BCUT2D eigenvalue weighted by Gasteiger charge is 2.43. The maximum atomic E-state index is 13.0. The summed E-state index contributed by atoms with van der Waals surface area (Å²) in [4.78, 5) is 4.13. The first-order valence-corrected chi connectivity index (χ1v) is 8.91. The van der Waals surface area contributed by atoms with E-state index in [4.69, 9.17) is 4.74 Å². The number of pyridine rings is 1. The zero-order valence-electron chi connectivity index (χ0n) is 12.2. The summed E-state index contributed by atoms with van der Waals surface area (Å²) in [5.41, 5.74) is 0.570. The summed E-state index contributed by atoms with van der Waals surface area (Å²) in [6.07, 6.45) is 4.40. The highest BCUT2D eigenvalue weighted by atomic mass is 32.2. The van der Waals surface area contributed by atoms with Gasteiger partial charge in [-0.3, -0.25) is 0 Å². The van der Waals surface area contributed by atoms with Gasteiger partial charge in [0, 0.05) is 19.3 Å². The Bertz CT molecular complexity index is 605. The predicted molar refractivity (Wildman–Crippen MR) is 79.7 cm³/mol. The van der Waals surface area contributed by atoms with Gasteiger partial charge in [-0.2, -0.15) is 4.31 Å². The minimum Gasteiger partial charge on any atom is -0.383 e. The summed E-state index contributed by atoms with van der Waals surface area (Å²) < 4.78 is 33.3. The Kier molecular flexibility index (Phi) is 4.14. The van der Waals surface area contributed by atoms with Crippen LogP contribution in [0.1, 0.15) is 26.2 Å². The Hall–Kier alpha value is -1.18. The third-order valence-electron chi connectivity index (χ3n) is 4.12. The van der Waals surface area contributed by atoms with E-state index >= 15 is 0 Å². The lowest BCUT2D eigenvalue weighted by Gasteiger charge is -2.36. The van der Waals surface area contributed by atoms with Gasteiger partial charge in [0.1, 0.15) is 0 Å². The van der Waals surface area contributed by atoms with Crippen LogP contribution in [0, 0.1) is 0 Å². The molecule has 1 N–H and O–H groups in total. The summed E-state index contributed by atoms with van der Waals surface area (Å²) >= 11 is 0. The average molecular weight is 311 g/mol. The third-order valence-corrected chi connectivity index (χ3v) is 6.01. The van der Waals surface area contributed by atoms with Crippen molar-refractivity contribution in [2.75, 3.05) is 25.0 Å². The van der Waals surface area contributed by atoms with Crippen molar-refractivity contribution in [1.82, 2.24) is 9.29 Å². The fraction of sp³-hybridized carbons (Fsp3) is 0.643. The maximum absolute atomic E-state index is 13.0. The Morgan fingerprint density at radius 3 is 3.14 bits per heavy atom. The Morgan fingerprint density at radius 1 is 1.48 bits per heavy atom. The normalized spacial score (nSPS) is 26.5. The number of hydrogen-bond donors (Lipinski definition) is 1. The molecule has 3 rings (SSSR count). The number of anilines is 1. The molecule has 1 aliphatic carbocycles. The van der Waals surface area contributed by atoms with Crippen molar-refractivity contribution >= 4 is 15.7 Å². The highest BCUT2D eigenvalue weighted by Crippen LogP contribution is 2.34. The molecule has 0 aromatic carbocycles. The first-order valence-electron chi connectivity index (χ1n) is 7.47. The SMILES string of the molecule is CCNc1cccnc1S(=O)(=O)N1CCOC2CCCC21. The zero-order chi connectivity index (χ0) is 14.9. The molecule has 2 heterocycles. The summed E-state index contributed by atoms with van der Waals surface area (Å²) in [6.45, 7) is 3.46. The van der Waals surface area contributed by atoms with Crippen LogP contribution in [0.5, 0.6) is 0 Å². The molecule has 6 nitrogen and oxygen atoms in total. The molecule has 0 spiro atoms. The van der Waals surface area contributed by atoms with E-state index in [1.807, 2.05) is 6.92 Å². The number of nitrogens with zero attached hydrogens (tertiary/aromatic N) is 2. The molecule has 1 saturated heterocycles. The molecule has 0 amide bonds. The van der Waals surface area contributed by atoms with Crippen LogP contribution < -0.4 is 5.32 Å². The molecule has 0 bridgehead atoms. The van der Waals surface area contributed by atoms with Gasteiger partial charge in [-0.25, -0.2) is 13.4 Å². The first kappa shape index (κ1) is 14.7. The second kappa shape index (κ2) is 5.90. The van der Waals surface area contributed by atoms with Crippen molar-refractivity contribution in [3.8, 4) is 0 Å². The number of rotatable bonds is 4. The van der Waals surface area contributed by atoms with E-state index in [1.54, 1.807) is 16.4 Å². The molecular weight excluding hydrogens is 290 g/mol. The third kappa shape index (κ3) is 2.65. The molecule has 0 radical (unpaired) electrons. The van der Waals surface area contributed by atoms with Crippen LogP contribution in [0.15, 0.2) is 23.4 Å². The van der Waals surface area contributed by atoms with Gasteiger partial charge >= 0.3 is 0 Å². The Balaban J connectivity index is 1.96. The van der Waals surface area contributed by atoms with Gasteiger partial charge in [-0.05, 0) is 38.3 Å². The van der Waals surface area contributed by atoms with Gasteiger partial charge in [0.05, 0.1) is 24.4 Å². The number of sulfonamides is 1. The number of morpholine rings is 1. The monoisotopic (exact) mass is 311 g/mol. The van der Waals surface area contributed by atoms with Gasteiger partial charge in [0.25, 0.3) is 10.0 Å². The molecule has 1 aliphatic heterocycles. The quantitative estimate of drug-likeness (QED) is 0.911. The van der Waals surface area contributed by atoms with Gasteiger partial charge < -0.3 is 10.1 Å². The fourth-order valence-electron chi connectivity index (χ4n) is 3.22. The molecule has 1 aromatic heterocycles. The lowest BCUT2D eigenvalue weighted by atomic mass is 10.2. The number of ether oxygens (including phenoxy) is 1. The molecule has 2 aliphatic rings. The second-order valence-corrected chi connectivity index (χ2v) is 7.22. The minimum absolute atomic E-state index is 0.0415. The van der Waals surface area contributed by atoms with Crippen molar-refractivity contribution in [2.24, 2.45) is 0 Å². The van der Waals surface area contributed by atoms with Crippen LogP contribution >= 0.6 is 0 Å². The molecule has 1 aromatic rings. The minimum atomic E-state index is -3.59. The highest BCUT2D eigenvalue weighted by molar-refractivity contribution is 7.89. The maximum Gasteiger partial charge on any atom is 0.263 e. The van der Waals surface area contributed by atoms with E-state index in [9.17, 15) is 8.42 Å². The lowest BCUT2D eigenvalue weighted by molar-refractivity contribution is -0.0242. The average Bonchev–Trinajstić information content (AvgIpc) is 2.96. The van der Waals surface area contributed by atoms with Crippen LogP contribution in [0.4, 0.5) is 5.69 Å². The Morgan fingerprint density at radius 2 is 2.33 bits per heavy atom. The number of fused-ring (bicyclic) bond motifs is 1. The lowest BCUT2D eigenvalue weighted by Crippen LogP contribution is -2.51.